The fraction of sp³-hybridized carbons (Fsp3) is 0.278. The smallest absolute Gasteiger partial charge is 0.265 e. The van der Waals surface area contributed by atoms with Crippen molar-refractivity contribution in [1.82, 2.24) is 4.98 Å². The SMILES string of the molecule is CC1Oc2ccc(NC(=O)c3ccc(NC4CC4)nc3)cc2NC1=O. The Hall–Kier alpha value is -3.09. The molecule has 4 rings (SSSR count). The Labute approximate surface area is 144 Å². The van der Waals surface area contributed by atoms with Gasteiger partial charge in [-0.25, -0.2) is 4.98 Å². The topological polar surface area (TPSA) is 92.3 Å². The summed E-state index contributed by atoms with van der Waals surface area (Å²) in [5.41, 5.74) is 1.58. The summed E-state index contributed by atoms with van der Waals surface area (Å²) in [7, 11) is 0. The number of hydrogen-bond donors (Lipinski definition) is 3. The van der Waals surface area contributed by atoms with Crippen LogP contribution in [0.1, 0.15) is 30.1 Å². The second kappa shape index (κ2) is 6.08. The zero-order valence-corrected chi connectivity index (χ0v) is 13.7. The molecule has 2 aromatic rings. The number of ether oxygens (including phenoxy) is 1. The molecule has 1 aromatic heterocycles. The normalized spacial score (nSPS) is 18.6. The number of aromatic nitrogens is 1. The van der Waals surface area contributed by atoms with Gasteiger partial charge in [0, 0.05) is 17.9 Å². The van der Waals surface area contributed by atoms with E-state index in [0.717, 1.165) is 5.82 Å². The Morgan fingerprint density at radius 1 is 1.28 bits per heavy atom. The largest absolute Gasteiger partial charge is 0.479 e. The maximum Gasteiger partial charge on any atom is 0.265 e. The first kappa shape index (κ1) is 15.4. The van der Waals surface area contributed by atoms with Crippen molar-refractivity contribution < 1.29 is 14.3 Å². The molecular weight excluding hydrogens is 320 g/mol. The van der Waals surface area contributed by atoms with Gasteiger partial charge < -0.3 is 20.7 Å². The number of benzene rings is 1. The molecule has 2 heterocycles. The molecule has 2 aliphatic rings. The predicted molar refractivity (Wildman–Crippen MR) is 94.0 cm³/mol. The molecule has 1 atom stereocenters. The Morgan fingerprint density at radius 3 is 2.84 bits per heavy atom. The minimum absolute atomic E-state index is 0.209. The van der Waals surface area contributed by atoms with Gasteiger partial charge in [-0.3, -0.25) is 9.59 Å². The molecule has 0 spiro atoms. The number of carbonyl (C=O) groups excluding carboxylic acids is 2. The van der Waals surface area contributed by atoms with E-state index in [2.05, 4.69) is 20.9 Å². The molecule has 25 heavy (non-hydrogen) atoms. The van der Waals surface area contributed by atoms with E-state index in [1.54, 1.807) is 43.5 Å². The number of nitrogens with one attached hydrogen (secondary N) is 3. The molecule has 128 valence electrons. The highest BCUT2D eigenvalue weighted by atomic mass is 16.5. The van der Waals surface area contributed by atoms with Gasteiger partial charge in [0.25, 0.3) is 11.8 Å². The van der Waals surface area contributed by atoms with Crippen molar-refractivity contribution in [2.45, 2.75) is 31.9 Å². The highest BCUT2D eigenvalue weighted by Gasteiger charge is 2.24. The second-order valence-corrected chi connectivity index (χ2v) is 6.27. The molecule has 3 N–H and O–H groups in total. The molecule has 1 aliphatic heterocycles. The summed E-state index contributed by atoms with van der Waals surface area (Å²) >= 11 is 0. The van der Waals surface area contributed by atoms with Crippen LogP contribution in [0.5, 0.6) is 5.75 Å². The Morgan fingerprint density at radius 2 is 2.12 bits per heavy atom. The van der Waals surface area contributed by atoms with Gasteiger partial charge in [-0.2, -0.15) is 0 Å². The molecule has 7 heteroatoms. The van der Waals surface area contributed by atoms with Gasteiger partial charge in [0.05, 0.1) is 11.3 Å². The third-order valence-corrected chi connectivity index (χ3v) is 4.12. The molecule has 1 fully saturated rings. The molecule has 7 nitrogen and oxygen atoms in total. The lowest BCUT2D eigenvalue weighted by Crippen LogP contribution is -2.34. The van der Waals surface area contributed by atoms with Gasteiger partial charge in [0.1, 0.15) is 11.6 Å². The van der Waals surface area contributed by atoms with Crippen molar-refractivity contribution in [3.8, 4) is 5.75 Å². The lowest BCUT2D eigenvalue weighted by atomic mass is 10.2. The average Bonchev–Trinajstić information content (AvgIpc) is 3.41. The van der Waals surface area contributed by atoms with Crippen LogP contribution in [0.3, 0.4) is 0 Å². The van der Waals surface area contributed by atoms with Crippen LogP contribution in [0, 0.1) is 0 Å². The highest BCUT2D eigenvalue weighted by Crippen LogP contribution is 2.32. The fourth-order valence-corrected chi connectivity index (χ4v) is 2.54. The first-order chi connectivity index (χ1) is 12.1. The van der Waals surface area contributed by atoms with Crippen LogP contribution in [0.4, 0.5) is 17.2 Å². The van der Waals surface area contributed by atoms with Crippen molar-refractivity contribution in [3.63, 3.8) is 0 Å². The summed E-state index contributed by atoms with van der Waals surface area (Å²) < 4.78 is 5.50. The van der Waals surface area contributed by atoms with E-state index in [0.29, 0.717) is 28.7 Å². The maximum absolute atomic E-state index is 12.4. The van der Waals surface area contributed by atoms with E-state index >= 15 is 0 Å². The quantitative estimate of drug-likeness (QED) is 0.797. The van der Waals surface area contributed by atoms with Crippen LogP contribution >= 0.6 is 0 Å². The summed E-state index contributed by atoms with van der Waals surface area (Å²) in [5.74, 6) is 0.893. The Balaban J connectivity index is 1.45. The van der Waals surface area contributed by atoms with Gasteiger partial charge in [0.2, 0.25) is 0 Å². The van der Waals surface area contributed by atoms with Crippen LogP contribution in [0.15, 0.2) is 36.5 Å². The lowest BCUT2D eigenvalue weighted by molar-refractivity contribution is -0.122. The molecule has 0 bridgehead atoms. The summed E-state index contributed by atoms with van der Waals surface area (Å²) in [6, 6.07) is 9.18. The summed E-state index contributed by atoms with van der Waals surface area (Å²) in [6.07, 6.45) is 3.36. The third kappa shape index (κ3) is 3.40. The van der Waals surface area contributed by atoms with E-state index < -0.39 is 6.10 Å². The van der Waals surface area contributed by atoms with Gasteiger partial charge in [0.15, 0.2) is 6.10 Å². The minimum Gasteiger partial charge on any atom is -0.479 e. The third-order valence-electron chi connectivity index (χ3n) is 4.12. The number of anilines is 3. The highest BCUT2D eigenvalue weighted by molar-refractivity contribution is 6.05. The number of rotatable bonds is 4. The summed E-state index contributed by atoms with van der Waals surface area (Å²) in [6.45, 7) is 1.68. The molecular formula is C18H18N4O3. The van der Waals surface area contributed by atoms with Crippen LogP contribution in [-0.4, -0.2) is 28.9 Å². The average molecular weight is 338 g/mol. The number of fused-ring (bicyclic) bond motifs is 1. The zero-order valence-electron chi connectivity index (χ0n) is 13.7. The van der Waals surface area contributed by atoms with Crippen LogP contribution in [0.25, 0.3) is 0 Å². The van der Waals surface area contributed by atoms with Crippen LogP contribution in [-0.2, 0) is 4.79 Å². The van der Waals surface area contributed by atoms with Gasteiger partial charge in [-0.05, 0) is 50.1 Å². The molecule has 0 saturated heterocycles. The molecule has 1 saturated carbocycles. The number of hydrogen-bond acceptors (Lipinski definition) is 5. The minimum atomic E-state index is -0.526. The fourth-order valence-electron chi connectivity index (χ4n) is 2.54. The number of pyridine rings is 1. The molecule has 1 aromatic carbocycles. The summed E-state index contributed by atoms with van der Waals surface area (Å²) in [5, 5.41) is 8.84. The van der Waals surface area contributed by atoms with Gasteiger partial charge >= 0.3 is 0 Å². The standard InChI is InChI=1S/C18H18N4O3/c1-10-17(23)22-14-8-13(5-6-15(14)25-10)21-18(24)11-2-7-16(19-9-11)20-12-3-4-12/h2,5-10,12H,3-4H2,1H3,(H,19,20)(H,21,24)(H,22,23). The first-order valence-corrected chi connectivity index (χ1v) is 8.24. The monoisotopic (exact) mass is 338 g/mol. The first-order valence-electron chi connectivity index (χ1n) is 8.24. The Bertz CT molecular complexity index is 831. The Kier molecular flexibility index (Phi) is 3.76. The van der Waals surface area contributed by atoms with E-state index in [-0.39, 0.29) is 11.8 Å². The van der Waals surface area contributed by atoms with Gasteiger partial charge in [-0.1, -0.05) is 0 Å². The van der Waals surface area contributed by atoms with Crippen molar-refractivity contribution in [3.05, 3.63) is 42.1 Å². The molecule has 1 unspecified atom stereocenters. The van der Waals surface area contributed by atoms with Crippen LogP contribution in [0.2, 0.25) is 0 Å². The number of amides is 2. The maximum atomic E-state index is 12.4. The van der Waals surface area contributed by atoms with Crippen molar-refractivity contribution >= 4 is 29.0 Å². The number of nitrogens with zero attached hydrogens (tertiary/aromatic N) is 1. The molecule has 1 aliphatic carbocycles. The number of carbonyl (C=O) groups is 2. The molecule has 2 amide bonds. The van der Waals surface area contributed by atoms with E-state index in [1.807, 2.05) is 0 Å². The van der Waals surface area contributed by atoms with E-state index in [1.165, 1.54) is 12.8 Å². The predicted octanol–water partition coefficient (Wildman–Crippen LogP) is 2.63. The summed E-state index contributed by atoms with van der Waals surface area (Å²) in [4.78, 5) is 28.3. The second-order valence-electron chi connectivity index (χ2n) is 6.27. The van der Waals surface area contributed by atoms with Crippen molar-refractivity contribution in [2.75, 3.05) is 16.0 Å². The van der Waals surface area contributed by atoms with E-state index in [9.17, 15) is 9.59 Å². The van der Waals surface area contributed by atoms with Gasteiger partial charge in [-0.15, -0.1) is 0 Å². The van der Waals surface area contributed by atoms with Crippen molar-refractivity contribution in [2.24, 2.45) is 0 Å². The van der Waals surface area contributed by atoms with Crippen molar-refractivity contribution in [1.29, 1.82) is 0 Å². The van der Waals surface area contributed by atoms with Crippen LogP contribution < -0.4 is 20.7 Å². The lowest BCUT2D eigenvalue weighted by Gasteiger charge is -2.23. The zero-order chi connectivity index (χ0) is 17.4. The molecule has 0 radical (unpaired) electrons. The van der Waals surface area contributed by atoms with E-state index in [4.69, 9.17) is 4.74 Å².